The van der Waals surface area contributed by atoms with Gasteiger partial charge in [-0.05, 0) is 43.7 Å². The zero-order chi connectivity index (χ0) is 11.3. The third-order valence-electron chi connectivity index (χ3n) is 3.15. The minimum atomic E-state index is 0.426. The third kappa shape index (κ3) is 5.93. The lowest BCUT2D eigenvalue weighted by Crippen LogP contribution is -2.28. The summed E-state index contributed by atoms with van der Waals surface area (Å²) in [6, 6.07) is 0. The van der Waals surface area contributed by atoms with E-state index < -0.39 is 0 Å². The average Bonchev–Trinajstić information content (AvgIpc) is 2.14. The van der Waals surface area contributed by atoms with Crippen LogP contribution in [0.2, 0.25) is 0 Å². The van der Waals surface area contributed by atoms with Gasteiger partial charge < -0.3 is 5.32 Å². The molecule has 0 bridgehead atoms. The molecule has 1 aliphatic carbocycles. The monoisotopic (exact) mass is 211 g/mol. The highest BCUT2D eigenvalue weighted by Crippen LogP contribution is 2.21. The van der Waals surface area contributed by atoms with Gasteiger partial charge in [0, 0.05) is 12.8 Å². The minimum Gasteiger partial charge on any atom is -0.316 e. The Kier molecular flexibility index (Phi) is 4.78. The Morgan fingerprint density at radius 2 is 1.87 bits per heavy atom. The van der Waals surface area contributed by atoms with Gasteiger partial charge in [-0.25, -0.2) is 0 Å². The molecular weight excluding hydrogens is 186 g/mol. The van der Waals surface area contributed by atoms with E-state index in [0.717, 1.165) is 44.7 Å². The molecule has 2 heteroatoms. The Hall–Kier alpha value is -0.370. The van der Waals surface area contributed by atoms with E-state index >= 15 is 0 Å². The van der Waals surface area contributed by atoms with Crippen molar-refractivity contribution in [3.63, 3.8) is 0 Å². The Balaban J connectivity index is 2.03. The Morgan fingerprint density at radius 1 is 1.27 bits per heavy atom. The number of hydrogen-bond donors (Lipinski definition) is 1. The lowest BCUT2D eigenvalue weighted by Gasteiger charge is -2.23. The van der Waals surface area contributed by atoms with Crippen LogP contribution in [0.25, 0.3) is 0 Å². The molecule has 0 amide bonds. The molecule has 0 heterocycles. The first-order valence-corrected chi connectivity index (χ1v) is 6.20. The quantitative estimate of drug-likeness (QED) is 0.724. The SMILES string of the molecule is CC(C)(C)CCNCC1CCC(=O)CC1. The molecule has 1 aliphatic rings. The Labute approximate surface area is 93.8 Å². The largest absolute Gasteiger partial charge is 0.316 e. The molecule has 0 unspecified atom stereocenters. The van der Waals surface area contributed by atoms with E-state index in [1.165, 1.54) is 6.42 Å². The molecule has 0 aromatic heterocycles. The third-order valence-corrected chi connectivity index (χ3v) is 3.15. The molecule has 0 saturated heterocycles. The van der Waals surface area contributed by atoms with Gasteiger partial charge in [-0.3, -0.25) is 4.79 Å². The summed E-state index contributed by atoms with van der Waals surface area (Å²) in [4.78, 5) is 11.0. The van der Waals surface area contributed by atoms with Gasteiger partial charge in [0.25, 0.3) is 0 Å². The molecule has 0 radical (unpaired) electrons. The fourth-order valence-corrected chi connectivity index (χ4v) is 1.97. The maximum Gasteiger partial charge on any atom is 0.132 e. The van der Waals surface area contributed by atoms with E-state index in [2.05, 4.69) is 26.1 Å². The van der Waals surface area contributed by atoms with Crippen molar-refractivity contribution in [2.45, 2.75) is 52.9 Å². The second-order valence-electron chi connectivity index (χ2n) is 6.00. The first-order chi connectivity index (χ1) is 6.97. The number of carbonyl (C=O) groups is 1. The van der Waals surface area contributed by atoms with Gasteiger partial charge >= 0.3 is 0 Å². The van der Waals surface area contributed by atoms with Crippen LogP contribution in [-0.2, 0) is 4.79 Å². The number of hydrogen-bond acceptors (Lipinski definition) is 2. The van der Waals surface area contributed by atoms with Crippen LogP contribution >= 0.6 is 0 Å². The van der Waals surface area contributed by atoms with E-state index in [9.17, 15) is 4.79 Å². The van der Waals surface area contributed by atoms with E-state index in [4.69, 9.17) is 0 Å². The topological polar surface area (TPSA) is 29.1 Å². The van der Waals surface area contributed by atoms with Crippen LogP contribution in [0.4, 0.5) is 0 Å². The molecule has 0 aliphatic heterocycles. The summed E-state index contributed by atoms with van der Waals surface area (Å²) in [6.45, 7) is 9.02. The van der Waals surface area contributed by atoms with Crippen LogP contribution in [0.1, 0.15) is 52.9 Å². The van der Waals surface area contributed by atoms with Crippen LogP contribution in [0.5, 0.6) is 0 Å². The van der Waals surface area contributed by atoms with Crippen molar-refractivity contribution in [2.75, 3.05) is 13.1 Å². The molecule has 1 rings (SSSR count). The number of nitrogens with one attached hydrogen (secondary N) is 1. The van der Waals surface area contributed by atoms with Crippen molar-refractivity contribution < 1.29 is 4.79 Å². The van der Waals surface area contributed by atoms with Gasteiger partial charge in [-0.1, -0.05) is 20.8 Å². The molecule has 1 fully saturated rings. The van der Waals surface area contributed by atoms with Crippen LogP contribution in [-0.4, -0.2) is 18.9 Å². The first-order valence-electron chi connectivity index (χ1n) is 6.20. The molecule has 2 nitrogen and oxygen atoms in total. The summed E-state index contributed by atoms with van der Waals surface area (Å²) in [6.07, 6.45) is 5.04. The normalized spacial score (nSPS) is 19.5. The summed E-state index contributed by atoms with van der Waals surface area (Å²) in [5, 5.41) is 3.52. The molecule has 1 N–H and O–H groups in total. The number of ketones is 1. The average molecular weight is 211 g/mol. The summed E-state index contributed by atoms with van der Waals surface area (Å²) in [7, 11) is 0. The Bertz CT molecular complexity index is 195. The highest BCUT2D eigenvalue weighted by molar-refractivity contribution is 5.79. The number of carbonyl (C=O) groups excluding carboxylic acids is 1. The fraction of sp³-hybridized carbons (Fsp3) is 0.923. The lowest BCUT2D eigenvalue weighted by atomic mass is 9.88. The van der Waals surface area contributed by atoms with Crippen molar-refractivity contribution in [3.05, 3.63) is 0 Å². The van der Waals surface area contributed by atoms with Crippen LogP contribution < -0.4 is 5.32 Å². The maximum absolute atomic E-state index is 11.0. The van der Waals surface area contributed by atoms with Gasteiger partial charge in [-0.2, -0.15) is 0 Å². The molecule has 0 aromatic rings. The number of Topliss-reactive ketones (excluding diaryl/α,β-unsaturated/α-hetero) is 1. The smallest absolute Gasteiger partial charge is 0.132 e. The molecule has 0 spiro atoms. The molecule has 88 valence electrons. The summed E-state index contributed by atoms with van der Waals surface area (Å²) in [5.41, 5.74) is 0.426. The van der Waals surface area contributed by atoms with Crippen molar-refractivity contribution in [1.29, 1.82) is 0 Å². The van der Waals surface area contributed by atoms with E-state index in [-0.39, 0.29) is 0 Å². The zero-order valence-corrected chi connectivity index (χ0v) is 10.4. The predicted octanol–water partition coefficient (Wildman–Crippen LogP) is 2.77. The van der Waals surface area contributed by atoms with Gasteiger partial charge in [0.15, 0.2) is 0 Å². The minimum absolute atomic E-state index is 0.426. The summed E-state index contributed by atoms with van der Waals surface area (Å²) in [5.74, 6) is 1.20. The highest BCUT2D eigenvalue weighted by Gasteiger charge is 2.18. The Morgan fingerprint density at radius 3 is 2.40 bits per heavy atom. The fourth-order valence-electron chi connectivity index (χ4n) is 1.97. The molecule has 1 saturated carbocycles. The predicted molar refractivity (Wildman–Crippen MR) is 63.9 cm³/mol. The standard InChI is InChI=1S/C13H25NO/c1-13(2,3)8-9-14-10-11-4-6-12(15)7-5-11/h11,14H,4-10H2,1-3H3. The molecular formula is C13H25NO. The second-order valence-corrected chi connectivity index (χ2v) is 6.00. The van der Waals surface area contributed by atoms with Gasteiger partial charge in [0.05, 0.1) is 0 Å². The molecule has 0 aromatic carbocycles. The van der Waals surface area contributed by atoms with Crippen LogP contribution in [0.15, 0.2) is 0 Å². The maximum atomic E-state index is 11.0. The number of rotatable bonds is 4. The van der Waals surface area contributed by atoms with Gasteiger partial charge in [-0.15, -0.1) is 0 Å². The van der Waals surface area contributed by atoms with Crippen molar-refractivity contribution in [2.24, 2.45) is 11.3 Å². The second kappa shape index (κ2) is 5.64. The van der Waals surface area contributed by atoms with E-state index in [1.807, 2.05) is 0 Å². The summed E-state index contributed by atoms with van der Waals surface area (Å²) < 4.78 is 0. The van der Waals surface area contributed by atoms with Gasteiger partial charge in [0.1, 0.15) is 5.78 Å². The van der Waals surface area contributed by atoms with Crippen molar-refractivity contribution in [3.8, 4) is 0 Å². The van der Waals surface area contributed by atoms with Crippen LogP contribution in [0, 0.1) is 11.3 Å². The lowest BCUT2D eigenvalue weighted by molar-refractivity contribution is -0.120. The molecule has 0 atom stereocenters. The van der Waals surface area contributed by atoms with Gasteiger partial charge in [0.2, 0.25) is 0 Å². The van der Waals surface area contributed by atoms with Crippen molar-refractivity contribution >= 4 is 5.78 Å². The highest BCUT2D eigenvalue weighted by atomic mass is 16.1. The van der Waals surface area contributed by atoms with E-state index in [0.29, 0.717) is 11.2 Å². The summed E-state index contributed by atoms with van der Waals surface area (Å²) >= 11 is 0. The molecule has 15 heavy (non-hydrogen) atoms. The first kappa shape index (κ1) is 12.7. The van der Waals surface area contributed by atoms with E-state index in [1.54, 1.807) is 0 Å². The van der Waals surface area contributed by atoms with Crippen molar-refractivity contribution in [1.82, 2.24) is 5.32 Å². The van der Waals surface area contributed by atoms with Crippen LogP contribution in [0.3, 0.4) is 0 Å². The zero-order valence-electron chi connectivity index (χ0n) is 10.4.